The number of nitrogens with one attached hydrogen (secondary N) is 1. The average Bonchev–Trinajstić information content (AvgIpc) is 2.53. The highest BCUT2D eigenvalue weighted by Crippen LogP contribution is 2.21. The topological polar surface area (TPSA) is 42.0 Å². The fraction of sp³-hybridized carbons (Fsp3) is 0.294. The van der Waals surface area contributed by atoms with Crippen LogP contribution in [-0.2, 0) is 11.2 Å². The van der Waals surface area contributed by atoms with Gasteiger partial charge in [0.25, 0.3) is 0 Å². The minimum Gasteiger partial charge on any atom is -0.355 e. The molecule has 2 rings (SSSR count). The molecule has 0 fully saturated rings. The number of aryl methyl sites for hydroxylation is 1. The van der Waals surface area contributed by atoms with Crippen LogP contribution < -0.4 is 5.32 Å². The summed E-state index contributed by atoms with van der Waals surface area (Å²) < 4.78 is 0. The first-order valence-electron chi connectivity index (χ1n) is 7.11. The number of amides is 1. The second-order valence-corrected chi connectivity index (χ2v) is 6.41. The first-order chi connectivity index (χ1) is 10.2. The maximum absolute atomic E-state index is 11.8. The van der Waals surface area contributed by atoms with Crippen LogP contribution in [0.5, 0.6) is 0 Å². The molecule has 0 saturated heterocycles. The van der Waals surface area contributed by atoms with E-state index < -0.39 is 0 Å². The van der Waals surface area contributed by atoms with Crippen LogP contribution in [0.3, 0.4) is 0 Å². The van der Waals surface area contributed by atoms with E-state index in [1.165, 1.54) is 4.90 Å². The molecular weight excluding hydrogens is 280 g/mol. The molecule has 1 aromatic heterocycles. The van der Waals surface area contributed by atoms with Crippen LogP contribution in [0.2, 0.25) is 0 Å². The number of benzene rings is 1. The molecule has 110 valence electrons. The van der Waals surface area contributed by atoms with Crippen molar-refractivity contribution < 1.29 is 4.79 Å². The summed E-state index contributed by atoms with van der Waals surface area (Å²) in [5.41, 5.74) is 1.15. The lowest BCUT2D eigenvalue weighted by atomic mass is 10.1. The van der Waals surface area contributed by atoms with Crippen molar-refractivity contribution in [3.63, 3.8) is 0 Å². The summed E-state index contributed by atoms with van der Waals surface area (Å²) in [4.78, 5) is 17.0. The fourth-order valence-electron chi connectivity index (χ4n) is 1.93. The Morgan fingerprint density at radius 2 is 1.90 bits per heavy atom. The number of nitrogens with zero attached hydrogens (tertiary/aromatic N) is 1. The van der Waals surface area contributed by atoms with Crippen LogP contribution in [0, 0.1) is 0 Å². The standard InChI is InChI=1S/C17H20N2OS/c1-14(21-16-5-3-2-4-6-16)13-19-17(20)8-7-15-9-11-18-12-10-15/h2-6,9-12,14H,7-8,13H2,1H3,(H,19,20)/t14-/m1/s1. The number of carbonyl (C=O) groups is 1. The van der Waals surface area contributed by atoms with Gasteiger partial charge in [-0.05, 0) is 36.2 Å². The zero-order chi connectivity index (χ0) is 14.9. The Balaban J connectivity index is 1.66. The highest BCUT2D eigenvalue weighted by Gasteiger charge is 2.07. The van der Waals surface area contributed by atoms with Crippen molar-refractivity contribution >= 4 is 17.7 Å². The second-order valence-electron chi connectivity index (χ2n) is 4.90. The van der Waals surface area contributed by atoms with Crippen LogP contribution in [0.15, 0.2) is 59.8 Å². The van der Waals surface area contributed by atoms with Crippen LogP contribution >= 0.6 is 11.8 Å². The third-order valence-electron chi connectivity index (χ3n) is 3.06. The van der Waals surface area contributed by atoms with Crippen molar-refractivity contribution in [1.82, 2.24) is 10.3 Å². The quantitative estimate of drug-likeness (QED) is 0.798. The summed E-state index contributed by atoms with van der Waals surface area (Å²) >= 11 is 1.78. The SMILES string of the molecule is C[C@H](CNC(=O)CCc1ccncc1)Sc1ccccc1. The molecule has 0 unspecified atom stereocenters. The number of thioether (sulfide) groups is 1. The highest BCUT2D eigenvalue weighted by molar-refractivity contribution is 8.00. The van der Waals surface area contributed by atoms with Crippen molar-refractivity contribution in [2.45, 2.75) is 29.9 Å². The van der Waals surface area contributed by atoms with Gasteiger partial charge in [0.05, 0.1) is 0 Å². The summed E-state index contributed by atoms with van der Waals surface area (Å²) in [5, 5.41) is 3.36. The van der Waals surface area contributed by atoms with E-state index in [1.54, 1.807) is 24.2 Å². The van der Waals surface area contributed by atoms with Gasteiger partial charge in [-0.25, -0.2) is 0 Å². The van der Waals surface area contributed by atoms with Crippen LogP contribution in [0.25, 0.3) is 0 Å². The Morgan fingerprint density at radius 3 is 2.62 bits per heavy atom. The minimum absolute atomic E-state index is 0.104. The second kappa shape index (κ2) is 8.47. The summed E-state index contributed by atoms with van der Waals surface area (Å²) in [6.07, 6.45) is 4.79. The molecular formula is C17H20N2OS. The van der Waals surface area contributed by atoms with Crippen molar-refractivity contribution in [3.8, 4) is 0 Å². The van der Waals surface area contributed by atoms with Gasteiger partial charge >= 0.3 is 0 Å². The Kier molecular flexibility index (Phi) is 6.28. The van der Waals surface area contributed by atoms with E-state index in [2.05, 4.69) is 29.4 Å². The Labute approximate surface area is 130 Å². The Morgan fingerprint density at radius 1 is 1.19 bits per heavy atom. The molecule has 2 aromatic rings. The average molecular weight is 300 g/mol. The number of rotatable bonds is 7. The van der Waals surface area contributed by atoms with Gasteiger partial charge < -0.3 is 5.32 Å². The summed E-state index contributed by atoms with van der Waals surface area (Å²) in [6.45, 7) is 2.82. The molecule has 1 aromatic carbocycles. The zero-order valence-electron chi connectivity index (χ0n) is 12.2. The third kappa shape index (κ3) is 6.00. The number of pyridine rings is 1. The van der Waals surface area contributed by atoms with Crippen molar-refractivity contribution in [3.05, 3.63) is 60.4 Å². The molecule has 1 amide bonds. The number of hydrogen-bond donors (Lipinski definition) is 1. The van der Waals surface area contributed by atoms with E-state index in [0.717, 1.165) is 12.0 Å². The van der Waals surface area contributed by atoms with Crippen LogP contribution in [-0.4, -0.2) is 22.7 Å². The maximum Gasteiger partial charge on any atom is 0.220 e. The molecule has 0 saturated carbocycles. The third-order valence-corrected chi connectivity index (χ3v) is 4.17. The maximum atomic E-state index is 11.8. The van der Waals surface area contributed by atoms with Gasteiger partial charge in [0.1, 0.15) is 0 Å². The molecule has 0 spiro atoms. The molecule has 0 aliphatic rings. The van der Waals surface area contributed by atoms with Gasteiger partial charge in [-0.1, -0.05) is 25.1 Å². The van der Waals surface area contributed by atoms with Gasteiger partial charge in [-0.2, -0.15) is 0 Å². The molecule has 1 N–H and O–H groups in total. The first-order valence-corrected chi connectivity index (χ1v) is 7.99. The Bertz CT molecular complexity index is 545. The van der Waals surface area contributed by atoms with Gasteiger partial charge in [-0.15, -0.1) is 11.8 Å². The monoisotopic (exact) mass is 300 g/mol. The lowest BCUT2D eigenvalue weighted by Crippen LogP contribution is -2.29. The van der Waals surface area contributed by atoms with Crippen molar-refractivity contribution in [2.75, 3.05) is 6.54 Å². The lowest BCUT2D eigenvalue weighted by molar-refractivity contribution is -0.121. The van der Waals surface area contributed by atoms with Crippen LogP contribution in [0.4, 0.5) is 0 Å². The zero-order valence-corrected chi connectivity index (χ0v) is 13.0. The largest absolute Gasteiger partial charge is 0.355 e. The smallest absolute Gasteiger partial charge is 0.220 e. The number of aromatic nitrogens is 1. The van der Waals surface area contributed by atoms with E-state index in [0.29, 0.717) is 18.2 Å². The number of carbonyl (C=O) groups excluding carboxylic acids is 1. The molecule has 4 heteroatoms. The van der Waals surface area contributed by atoms with E-state index in [1.807, 2.05) is 30.3 Å². The molecule has 0 radical (unpaired) electrons. The van der Waals surface area contributed by atoms with Gasteiger partial charge in [0, 0.05) is 35.5 Å². The van der Waals surface area contributed by atoms with E-state index in [9.17, 15) is 4.79 Å². The molecule has 0 aliphatic heterocycles. The van der Waals surface area contributed by atoms with Crippen molar-refractivity contribution in [2.24, 2.45) is 0 Å². The first kappa shape index (κ1) is 15.6. The van der Waals surface area contributed by atoms with E-state index in [4.69, 9.17) is 0 Å². The fourth-order valence-corrected chi connectivity index (χ4v) is 2.87. The van der Waals surface area contributed by atoms with E-state index >= 15 is 0 Å². The molecule has 0 bridgehead atoms. The van der Waals surface area contributed by atoms with Gasteiger partial charge in [0.15, 0.2) is 0 Å². The van der Waals surface area contributed by atoms with Crippen molar-refractivity contribution in [1.29, 1.82) is 0 Å². The summed E-state index contributed by atoms with van der Waals surface area (Å²) in [7, 11) is 0. The lowest BCUT2D eigenvalue weighted by Gasteiger charge is -2.12. The molecule has 1 atom stereocenters. The van der Waals surface area contributed by atoms with Gasteiger partial charge in [0.2, 0.25) is 5.91 Å². The van der Waals surface area contributed by atoms with E-state index in [-0.39, 0.29) is 5.91 Å². The summed E-state index contributed by atoms with van der Waals surface area (Å²) in [6, 6.07) is 14.1. The molecule has 1 heterocycles. The van der Waals surface area contributed by atoms with Gasteiger partial charge in [-0.3, -0.25) is 9.78 Å². The predicted octanol–water partition coefficient (Wildman–Crippen LogP) is 3.31. The molecule has 0 aliphatic carbocycles. The number of hydrogen-bond acceptors (Lipinski definition) is 3. The summed E-state index contributed by atoms with van der Waals surface area (Å²) in [5.74, 6) is 0.104. The Hall–Kier alpha value is -1.81. The highest BCUT2D eigenvalue weighted by atomic mass is 32.2. The predicted molar refractivity (Wildman–Crippen MR) is 87.3 cm³/mol. The minimum atomic E-state index is 0.104. The molecule has 21 heavy (non-hydrogen) atoms. The molecule has 3 nitrogen and oxygen atoms in total. The van der Waals surface area contributed by atoms with Crippen LogP contribution in [0.1, 0.15) is 18.9 Å². The normalized spacial score (nSPS) is 11.9.